The quantitative estimate of drug-likeness (QED) is 0.654. The highest BCUT2D eigenvalue weighted by Crippen LogP contribution is 2.32. The summed E-state index contributed by atoms with van der Waals surface area (Å²) in [4.78, 5) is 4.44. The first kappa shape index (κ1) is 16.1. The summed E-state index contributed by atoms with van der Waals surface area (Å²) in [5.41, 5.74) is 2.72. The number of anilines is 1. The molecule has 120 valence electrons. The maximum absolute atomic E-state index is 9.37. The summed E-state index contributed by atoms with van der Waals surface area (Å²) in [6, 6.07) is 10.5. The zero-order valence-corrected chi connectivity index (χ0v) is 13.5. The molecule has 5 nitrogen and oxygen atoms in total. The van der Waals surface area contributed by atoms with Crippen LogP contribution in [-0.2, 0) is 0 Å². The molecular formula is C16H14Cl2N2O3. The largest absolute Gasteiger partial charge is 0.436 e. The summed E-state index contributed by atoms with van der Waals surface area (Å²) in [5, 5.41) is 22.2. The molecule has 0 spiro atoms. The average Bonchev–Trinajstić information content (AvgIpc) is 2.95. The number of aromatic nitrogens is 1. The molecular weight excluding hydrogens is 339 g/mol. The number of benzene rings is 2. The highest BCUT2D eigenvalue weighted by atomic mass is 35.5. The van der Waals surface area contributed by atoms with Crippen LogP contribution in [0.1, 0.15) is 0 Å². The summed E-state index contributed by atoms with van der Waals surface area (Å²) in [5.74, 6) is 0.411. The molecule has 1 unspecified atom stereocenters. The van der Waals surface area contributed by atoms with Gasteiger partial charge in [-0.15, -0.1) is 0 Å². The first-order chi connectivity index (χ1) is 11.1. The van der Waals surface area contributed by atoms with Crippen LogP contribution in [0.15, 0.2) is 40.8 Å². The molecule has 23 heavy (non-hydrogen) atoms. The van der Waals surface area contributed by atoms with Crippen LogP contribution in [0.3, 0.4) is 0 Å². The van der Waals surface area contributed by atoms with E-state index in [4.69, 9.17) is 32.7 Å². The van der Waals surface area contributed by atoms with E-state index in [9.17, 15) is 5.11 Å². The Balaban J connectivity index is 1.90. The maximum Gasteiger partial charge on any atom is 0.228 e. The van der Waals surface area contributed by atoms with E-state index in [1.54, 1.807) is 30.3 Å². The van der Waals surface area contributed by atoms with Gasteiger partial charge in [-0.25, -0.2) is 4.98 Å². The van der Waals surface area contributed by atoms with E-state index in [1.807, 2.05) is 6.07 Å². The molecule has 3 aromatic rings. The number of hydrogen-bond donors (Lipinski definition) is 3. The number of oxazole rings is 1. The molecule has 0 aliphatic carbocycles. The van der Waals surface area contributed by atoms with Crippen molar-refractivity contribution < 1.29 is 14.6 Å². The van der Waals surface area contributed by atoms with Crippen LogP contribution < -0.4 is 5.32 Å². The molecule has 0 radical (unpaired) electrons. The zero-order chi connectivity index (χ0) is 16.4. The second kappa shape index (κ2) is 6.76. The third-order valence-electron chi connectivity index (χ3n) is 3.30. The minimum atomic E-state index is -0.813. The molecule has 1 heterocycles. The molecule has 7 heteroatoms. The minimum Gasteiger partial charge on any atom is -0.436 e. The molecule has 0 saturated heterocycles. The fourth-order valence-corrected chi connectivity index (χ4v) is 2.61. The first-order valence-electron chi connectivity index (χ1n) is 6.95. The number of aliphatic hydroxyl groups excluding tert-OH is 2. The fraction of sp³-hybridized carbons (Fsp3) is 0.188. The number of aliphatic hydroxyl groups is 2. The van der Waals surface area contributed by atoms with Gasteiger partial charge in [-0.2, -0.15) is 0 Å². The SMILES string of the molecule is OCC(O)CNc1ccc2oc(-c3ccc(Cl)cc3Cl)nc2c1. The van der Waals surface area contributed by atoms with Crippen molar-refractivity contribution in [2.45, 2.75) is 6.10 Å². The normalized spacial score (nSPS) is 12.5. The molecule has 1 atom stereocenters. The Bertz CT molecular complexity index is 835. The zero-order valence-electron chi connectivity index (χ0n) is 12.0. The van der Waals surface area contributed by atoms with Crippen LogP contribution in [0.5, 0.6) is 0 Å². The molecule has 1 aromatic heterocycles. The lowest BCUT2D eigenvalue weighted by atomic mass is 10.2. The minimum absolute atomic E-state index is 0.246. The highest BCUT2D eigenvalue weighted by molar-refractivity contribution is 6.36. The van der Waals surface area contributed by atoms with Crippen molar-refractivity contribution in [3.8, 4) is 11.5 Å². The number of halogens is 2. The number of nitrogens with one attached hydrogen (secondary N) is 1. The van der Waals surface area contributed by atoms with Crippen LogP contribution in [0.25, 0.3) is 22.6 Å². The maximum atomic E-state index is 9.37. The summed E-state index contributed by atoms with van der Waals surface area (Å²) >= 11 is 12.1. The van der Waals surface area contributed by atoms with Crippen LogP contribution >= 0.6 is 23.2 Å². The Labute approximate surface area is 142 Å². The van der Waals surface area contributed by atoms with Gasteiger partial charge in [0.25, 0.3) is 0 Å². The molecule has 0 saturated carbocycles. The summed E-state index contributed by atoms with van der Waals surface area (Å²) in [6.07, 6.45) is -0.813. The van der Waals surface area contributed by atoms with Gasteiger partial charge >= 0.3 is 0 Å². The lowest BCUT2D eigenvalue weighted by Crippen LogP contribution is -2.22. The second-order valence-electron chi connectivity index (χ2n) is 5.04. The third kappa shape index (κ3) is 3.59. The van der Waals surface area contributed by atoms with Crippen molar-refractivity contribution in [3.63, 3.8) is 0 Å². The van der Waals surface area contributed by atoms with Gasteiger partial charge in [0.1, 0.15) is 5.52 Å². The summed E-state index contributed by atoms with van der Waals surface area (Å²) in [6.45, 7) is -0.0475. The monoisotopic (exact) mass is 352 g/mol. The molecule has 0 aliphatic rings. The second-order valence-corrected chi connectivity index (χ2v) is 5.89. The Hall–Kier alpha value is -1.79. The van der Waals surface area contributed by atoms with Gasteiger partial charge in [0.2, 0.25) is 5.89 Å². The van der Waals surface area contributed by atoms with E-state index in [2.05, 4.69) is 10.3 Å². The smallest absolute Gasteiger partial charge is 0.228 e. The van der Waals surface area contributed by atoms with E-state index in [0.29, 0.717) is 32.6 Å². The van der Waals surface area contributed by atoms with Crippen molar-refractivity contribution >= 4 is 40.0 Å². The van der Waals surface area contributed by atoms with Gasteiger partial charge in [0, 0.05) is 17.3 Å². The number of fused-ring (bicyclic) bond motifs is 1. The first-order valence-corrected chi connectivity index (χ1v) is 7.71. The van der Waals surface area contributed by atoms with E-state index in [0.717, 1.165) is 5.69 Å². The lowest BCUT2D eigenvalue weighted by molar-refractivity contribution is 0.105. The van der Waals surface area contributed by atoms with Gasteiger partial charge in [-0.1, -0.05) is 23.2 Å². The van der Waals surface area contributed by atoms with E-state index in [1.165, 1.54) is 0 Å². The van der Waals surface area contributed by atoms with Gasteiger partial charge in [-0.05, 0) is 36.4 Å². The fourth-order valence-electron chi connectivity index (χ4n) is 2.12. The molecule has 3 N–H and O–H groups in total. The van der Waals surface area contributed by atoms with Crippen molar-refractivity contribution in [1.82, 2.24) is 4.98 Å². The van der Waals surface area contributed by atoms with Gasteiger partial charge in [0.15, 0.2) is 5.58 Å². The van der Waals surface area contributed by atoms with Crippen LogP contribution in [0, 0.1) is 0 Å². The molecule has 0 bridgehead atoms. The molecule has 0 amide bonds. The standard InChI is InChI=1S/C16H14Cl2N2O3/c17-9-1-3-12(13(18)5-9)16-20-14-6-10(2-4-15(14)23-16)19-7-11(22)8-21/h1-6,11,19,21-22H,7-8H2. The Kier molecular flexibility index (Phi) is 4.73. The Morgan fingerprint density at radius 2 is 2.00 bits per heavy atom. The summed E-state index contributed by atoms with van der Waals surface area (Å²) < 4.78 is 5.72. The van der Waals surface area contributed by atoms with Gasteiger partial charge < -0.3 is 19.9 Å². The number of nitrogens with zero attached hydrogens (tertiary/aromatic N) is 1. The number of hydrogen-bond acceptors (Lipinski definition) is 5. The molecule has 0 fully saturated rings. The van der Waals surface area contributed by atoms with Crippen LogP contribution in [0.4, 0.5) is 5.69 Å². The van der Waals surface area contributed by atoms with Crippen molar-refractivity contribution in [3.05, 3.63) is 46.4 Å². The predicted molar refractivity (Wildman–Crippen MR) is 91.0 cm³/mol. The van der Waals surface area contributed by atoms with Crippen molar-refractivity contribution in [2.24, 2.45) is 0 Å². The molecule has 3 rings (SSSR count). The lowest BCUT2D eigenvalue weighted by Gasteiger charge is -2.09. The van der Waals surface area contributed by atoms with Crippen LogP contribution in [-0.4, -0.2) is 34.5 Å². The molecule has 0 aliphatic heterocycles. The highest BCUT2D eigenvalue weighted by Gasteiger charge is 2.12. The third-order valence-corrected chi connectivity index (χ3v) is 3.85. The predicted octanol–water partition coefficient (Wildman–Crippen LogP) is 3.57. The van der Waals surface area contributed by atoms with E-state index >= 15 is 0 Å². The van der Waals surface area contributed by atoms with E-state index < -0.39 is 6.10 Å². The molecule has 2 aromatic carbocycles. The number of rotatable bonds is 5. The van der Waals surface area contributed by atoms with Gasteiger partial charge in [-0.3, -0.25) is 0 Å². The van der Waals surface area contributed by atoms with E-state index in [-0.39, 0.29) is 13.2 Å². The van der Waals surface area contributed by atoms with Crippen LogP contribution in [0.2, 0.25) is 10.0 Å². The van der Waals surface area contributed by atoms with Gasteiger partial charge in [0.05, 0.1) is 23.3 Å². The average molecular weight is 353 g/mol. The Morgan fingerprint density at radius 3 is 2.74 bits per heavy atom. The van der Waals surface area contributed by atoms with Crippen molar-refractivity contribution in [2.75, 3.05) is 18.5 Å². The Morgan fingerprint density at radius 1 is 1.17 bits per heavy atom. The topological polar surface area (TPSA) is 78.5 Å². The summed E-state index contributed by atoms with van der Waals surface area (Å²) in [7, 11) is 0. The van der Waals surface area contributed by atoms with Crippen molar-refractivity contribution in [1.29, 1.82) is 0 Å².